The lowest BCUT2D eigenvalue weighted by atomic mass is 10.3. The number of allylic oxidation sites excluding steroid dienone is 2. The van der Waals surface area contributed by atoms with Crippen LogP contribution in [0.4, 0.5) is 0 Å². The fourth-order valence-electron chi connectivity index (χ4n) is 1.15. The molecule has 60 valence electrons. The molecule has 0 saturated heterocycles. The van der Waals surface area contributed by atoms with Crippen LogP contribution in [-0.4, -0.2) is 6.10 Å². The molecule has 1 aromatic carbocycles. The predicted octanol–water partition coefficient (Wildman–Crippen LogP) is 2.56. The molecule has 0 atom stereocenters. The van der Waals surface area contributed by atoms with E-state index in [1.165, 1.54) is 0 Å². The van der Waals surface area contributed by atoms with Gasteiger partial charge in [0, 0.05) is 0 Å². The summed E-state index contributed by atoms with van der Waals surface area (Å²) in [5.74, 6) is 0.915. The van der Waals surface area contributed by atoms with E-state index in [1.807, 2.05) is 54.6 Å². The van der Waals surface area contributed by atoms with Crippen molar-refractivity contribution >= 4 is 0 Å². The van der Waals surface area contributed by atoms with Crippen molar-refractivity contribution in [3.8, 4) is 5.75 Å². The van der Waals surface area contributed by atoms with Crippen molar-refractivity contribution in [2.45, 2.75) is 6.10 Å². The Hall–Kier alpha value is -1.50. The van der Waals surface area contributed by atoms with E-state index < -0.39 is 0 Å². The van der Waals surface area contributed by atoms with Crippen LogP contribution in [0.5, 0.6) is 5.75 Å². The number of hydrogen-bond acceptors (Lipinski definition) is 1. The summed E-state index contributed by atoms with van der Waals surface area (Å²) in [5, 5.41) is 0. The average Bonchev–Trinajstić information content (AvgIpc) is 2.59. The Morgan fingerprint density at radius 2 is 1.58 bits per heavy atom. The number of rotatable bonds is 2. The van der Waals surface area contributed by atoms with Crippen molar-refractivity contribution in [3.05, 3.63) is 54.6 Å². The summed E-state index contributed by atoms with van der Waals surface area (Å²) in [6, 6.07) is 9.84. The molecule has 1 heteroatoms. The molecule has 1 nitrogen and oxygen atoms in total. The molecule has 1 aliphatic rings. The molecule has 0 N–H and O–H groups in total. The van der Waals surface area contributed by atoms with Gasteiger partial charge in [-0.1, -0.05) is 30.4 Å². The number of hydrogen-bond donors (Lipinski definition) is 0. The van der Waals surface area contributed by atoms with E-state index in [9.17, 15) is 0 Å². The van der Waals surface area contributed by atoms with Gasteiger partial charge in [-0.05, 0) is 24.3 Å². The highest BCUT2D eigenvalue weighted by Crippen LogP contribution is 2.13. The number of para-hydroxylation sites is 1. The minimum Gasteiger partial charge on any atom is -0.482 e. The standard InChI is InChI=1S/C11H10O/c1-2-6-10(7-3-1)12-11-8-4-5-9-11/h1-9,11H. The first kappa shape index (κ1) is 7.17. The third-order valence-electron chi connectivity index (χ3n) is 1.73. The highest BCUT2D eigenvalue weighted by molar-refractivity contribution is 5.26. The lowest BCUT2D eigenvalue weighted by molar-refractivity contribution is 0.298. The van der Waals surface area contributed by atoms with Crippen LogP contribution in [-0.2, 0) is 0 Å². The maximum atomic E-state index is 5.60. The van der Waals surface area contributed by atoms with Gasteiger partial charge in [0.1, 0.15) is 11.9 Å². The third-order valence-corrected chi connectivity index (χ3v) is 1.73. The fraction of sp³-hybridized carbons (Fsp3) is 0.0909. The monoisotopic (exact) mass is 158 g/mol. The van der Waals surface area contributed by atoms with Gasteiger partial charge < -0.3 is 4.74 Å². The quantitative estimate of drug-likeness (QED) is 0.642. The van der Waals surface area contributed by atoms with Gasteiger partial charge in [-0.25, -0.2) is 0 Å². The first-order valence-electron chi connectivity index (χ1n) is 4.02. The Balaban J connectivity index is 2.04. The zero-order valence-corrected chi connectivity index (χ0v) is 6.68. The van der Waals surface area contributed by atoms with Gasteiger partial charge in [0.25, 0.3) is 0 Å². The molecule has 0 radical (unpaired) electrons. The minimum atomic E-state index is 0.118. The van der Waals surface area contributed by atoms with E-state index in [2.05, 4.69) is 0 Å². The smallest absolute Gasteiger partial charge is 0.136 e. The summed E-state index contributed by atoms with van der Waals surface area (Å²) >= 11 is 0. The van der Waals surface area contributed by atoms with E-state index in [4.69, 9.17) is 4.74 Å². The SMILES string of the molecule is C1=CC(Oc2ccccc2)C=C1. The summed E-state index contributed by atoms with van der Waals surface area (Å²) in [7, 11) is 0. The maximum Gasteiger partial charge on any atom is 0.136 e. The van der Waals surface area contributed by atoms with Gasteiger partial charge in [0.2, 0.25) is 0 Å². The summed E-state index contributed by atoms with van der Waals surface area (Å²) in [5.41, 5.74) is 0. The first-order chi connectivity index (χ1) is 5.95. The Bertz CT molecular complexity index is 286. The fourth-order valence-corrected chi connectivity index (χ4v) is 1.15. The van der Waals surface area contributed by atoms with Gasteiger partial charge in [-0.3, -0.25) is 0 Å². The zero-order chi connectivity index (χ0) is 8.23. The van der Waals surface area contributed by atoms with Crippen LogP contribution in [0.3, 0.4) is 0 Å². The molecule has 0 spiro atoms. The molecule has 0 unspecified atom stereocenters. The van der Waals surface area contributed by atoms with E-state index in [0.717, 1.165) is 5.75 Å². The molecule has 0 bridgehead atoms. The molecular weight excluding hydrogens is 148 g/mol. The molecular formula is C11H10O. The number of benzene rings is 1. The van der Waals surface area contributed by atoms with Crippen molar-refractivity contribution < 1.29 is 4.74 Å². The molecule has 12 heavy (non-hydrogen) atoms. The van der Waals surface area contributed by atoms with Crippen LogP contribution < -0.4 is 4.74 Å². The largest absolute Gasteiger partial charge is 0.482 e. The van der Waals surface area contributed by atoms with Crippen LogP contribution in [0.2, 0.25) is 0 Å². The molecule has 0 aliphatic heterocycles. The molecule has 2 rings (SSSR count). The summed E-state index contributed by atoms with van der Waals surface area (Å²) in [6.45, 7) is 0. The van der Waals surface area contributed by atoms with Gasteiger partial charge in [0.05, 0.1) is 0 Å². The van der Waals surface area contributed by atoms with Crippen LogP contribution >= 0.6 is 0 Å². The molecule has 0 heterocycles. The topological polar surface area (TPSA) is 9.23 Å². The van der Waals surface area contributed by atoms with Gasteiger partial charge in [-0.15, -0.1) is 0 Å². The molecule has 1 aromatic rings. The van der Waals surface area contributed by atoms with Crippen molar-refractivity contribution in [1.29, 1.82) is 0 Å². The Morgan fingerprint density at radius 3 is 2.25 bits per heavy atom. The highest BCUT2D eigenvalue weighted by atomic mass is 16.5. The highest BCUT2D eigenvalue weighted by Gasteiger charge is 2.03. The number of ether oxygens (including phenoxy) is 1. The summed E-state index contributed by atoms with van der Waals surface area (Å²) in [4.78, 5) is 0. The van der Waals surface area contributed by atoms with Crippen LogP contribution in [0.15, 0.2) is 54.6 Å². The van der Waals surface area contributed by atoms with E-state index in [-0.39, 0.29) is 6.10 Å². The Morgan fingerprint density at radius 1 is 0.917 bits per heavy atom. The average molecular weight is 158 g/mol. The van der Waals surface area contributed by atoms with Crippen LogP contribution in [0.25, 0.3) is 0 Å². The second-order valence-corrected chi connectivity index (χ2v) is 2.67. The second kappa shape index (κ2) is 3.26. The van der Waals surface area contributed by atoms with Crippen LogP contribution in [0, 0.1) is 0 Å². The van der Waals surface area contributed by atoms with E-state index >= 15 is 0 Å². The molecule has 0 aromatic heterocycles. The van der Waals surface area contributed by atoms with Crippen molar-refractivity contribution in [1.82, 2.24) is 0 Å². The molecule has 1 aliphatic carbocycles. The lowest BCUT2D eigenvalue weighted by Gasteiger charge is -2.08. The van der Waals surface area contributed by atoms with Crippen molar-refractivity contribution in [2.24, 2.45) is 0 Å². The Labute approximate surface area is 72.0 Å². The van der Waals surface area contributed by atoms with E-state index in [0.29, 0.717) is 0 Å². The van der Waals surface area contributed by atoms with Crippen LogP contribution in [0.1, 0.15) is 0 Å². The second-order valence-electron chi connectivity index (χ2n) is 2.67. The van der Waals surface area contributed by atoms with Gasteiger partial charge >= 0.3 is 0 Å². The molecule has 0 amide bonds. The summed E-state index contributed by atoms with van der Waals surface area (Å²) < 4.78 is 5.60. The summed E-state index contributed by atoms with van der Waals surface area (Å²) in [6.07, 6.45) is 8.15. The van der Waals surface area contributed by atoms with Gasteiger partial charge in [0.15, 0.2) is 0 Å². The molecule has 0 saturated carbocycles. The first-order valence-corrected chi connectivity index (χ1v) is 4.02. The van der Waals surface area contributed by atoms with Crippen molar-refractivity contribution in [3.63, 3.8) is 0 Å². The zero-order valence-electron chi connectivity index (χ0n) is 6.68. The van der Waals surface area contributed by atoms with E-state index in [1.54, 1.807) is 0 Å². The minimum absolute atomic E-state index is 0.118. The van der Waals surface area contributed by atoms with Crippen molar-refractivity contribution in [2.75, 3.05) is 0 Å². The molecule has 0 fully saturated rings. The maximum absolute atomic E-state index is 5.60. The lowest BCUT2D eigenvalue weighted by Crippen LogP contribution is -2.07. The third kappa shape index (κ3) is 1.56. The van der Waals surface area contributed by atoms with Gasteiger partial charge in [-0.2, -0.15) is 0 Å². The normalized spacial score (nSPS) is 15.3. The Kier molecular flexibility index (Phi) is 1.95. The predicted molar refractivity (Wildman–Crippen MR) is 49.1 cm³/mol.